The summed E-state index contributed by atoms with van der Waals surface area (Å²) >= 11 is 0. The first-order valence-corrected chi connectivity index (χ1v) is 10.2. The van der Waals surface area contributed by atoms with Crippen molar-refractivity contribution in [3.8, 4) is 0 Å². The molecule has 7 heteroatoms. The smallest absolute Gasteiger partial charge is 0.243 e. The predicted octanol–water partition coefficient (Wildman–Crippen LogP) is 1.50. The molecule has 6 nitrogen and oxygen atoms in total. The number of sulfonamides is 1. The number of rotatable bonds is 2. The van der Waals surface area contributed by atoms with E-state index in [0.29, 0.717) is 29.8 Å². The fraction of sp³-hybridized carbons (Fsp3) is 0.500. The monoisotopic (exact) mass is 361 g/mol. The Labute approximate surface area is 147 Å². The van der Waals surface area contributed by atoms with E-state index in [-0.39, 0.29) is 11.6 Å². The second kappa shape index (κ2) is 6.32. The van der Waals surface area contributed by atoms with Crippen LogP contribution in [0.1, 0.15) is 25.7 Å². The maximum Gasteiger partial charge on any atom is 0.243 e. The number of aliphatic hydroxyl groups excluding tert-OH is 1. The van der Waals surface area contributed by atoms with Crippen molar-refractivity contribution < 1.29 is 13.5 Å². The Morgan fingerprint density at radius 3 is 2.80 bits per heavy atom. The van der Waals surface area contributed by atoms with Crippen LogP contribution >= 0.6 is 0 Å². The molecule has 2 aliphatic heterocycles. The summed E-state index contributed by atoms with van der Waals surface area (Å²) in [6.45, 7) is 1.75. The lowest BCUT2D eigenvalue weighted by Crippen LogP contribution is -2.58. The van der Waals surface area contributed by atoms with Crippen LogP contribution < -0.4 is 5.32 Å². The Kier molecular flexibility index (Phi) is 4.27. The van der Waals surface area contributed by atoms with Crippen LogP contribution in [0.2, 0.25) is 0 Å². The zero-order chi connectivity index (χ0) is 17.5. The minimum absolute atomic E-state index is 0.119. The van der Waals surface area contributed by atoms with Crippen LogP contribution in [0.15, 0.2) is 41.6 Å². The third-order valence-electron chi connectivity index (χ3n) is 5.54. The van der Waals surface area contributed by atoms with E-state index in [0.717, 1.165) is 31.2 Å². The minimum Gasteiger partial charge on any atom is -0.393 e. The SMILES string of the molecule is O=S(=O)(c1cccc2cnccc12)N1CCC2(CC1)CC(O)CCN2. The number of fused-ring (bicyclic) bond motifs is 1. The van der Waals surface area contributed by atoms with Gasteiger partial charge < -0.3 is 10.4 Å². The molecule has 2 fully saturated rings. The van der Waals surface area contributed by atoms with E-state index in [1.165, 1.54) is 0 Å². The van der Waals surface area contributed by atoms with Crippen molar-refractivity contribution in [1.29, 1.82) is 0 Å². The Balaban J connectivity index is 1.59. The predicted molar refractivity (Wildman–Crippen MR) is 95.7 cm³/mol. The van der Waals surface area contributed by atoms with Crippen LogP contribution in [-0.2, 0) is 10.0 Å². The number of piperidine rings is 2. The van der Waals surface area contributed by atoms with E-state index in [2.05, 4.69) is 10.3 Å². The largest absolute Gasteiger partial charge is 0.393 e. The molecule has 1 unspecified atom stereocenters. The van der Waals surface area contributed by atoms with Crippen LogP contribution in [-0.4, -0.2) is 54.1 Å². The summed E-state index contributed by atoms with van der Waals surface area (Å²) in [5.74, 6) is 0. The molecule has 1 spiro atoms. The van der Waals surface area contributed by atoms with Crippen molar-refractivity contribution in [2.75, 3.05) is 19.6 Å². The van der Waals surface area contributed by atoms with Gasteiger partial charge in [0.2, 0.25) is 10.0 Å². The lowest BCUT2D eigenvalue weighted by molar-refractivity contribution is 0.0521. The first kappa shape index (κ1) is 16.9. The normalized spacial score (nSPS) is 24.6. The third-order valence-corrected chi connectivity index (χ3v) is 7.50. The number of aromatic nitrogens is 1. The Morgan fingerprint density at radius 1 is 1.24 bits per heavy atom. The molecular formula is C18H23N3O3S. The molecule has 2 N–H and O–H groups in total. The molecule has 134 valence electrons. The van der Waals surface area contributed by atoms with Gasteiger partial charge in [-0.25, -0.2) is 8.42 Å². The Morgan fingerprint density at radius 2 is 2.04 bits per heavy atom. The van der Waals surface area contributed by atoms with Crippen LogP contribution in [0.25, 0.3) is 10.8 Å². The molecule has 0 amide bonds. The molecule has 4 rings (SSSR count). The van der Waals surface area contributed by atoms with Gasteiger partial charge in [-0.05, 0) is 44.4 Å². The molecule has 1 aromatic carbocycles. The van der Waals surface area contributed by atoms with E-state index < -0.39 is 10.0 Å². The van der Waals surface area contributed by atoms with E-state index in [9.17, 15) is 13.5 Å². The molecule has 0 aliphatic carbocycles. The summed E-state index contributed by atoms with van der Waals surface area (Å²) in [6.07, 6.45) is 5.97. The summed E-state index contributed by atoms with van der Waals surface area (Å²) in [5, 5.41) is 15.0. The highest BCUT2D eigenvalue weighted by atomic mass is 32.2. The van der Waals surface area contributed by atoms with Gasteiger partial charge in [0.1, 0.15) is 0 Å². The van der Waals surface area contributed by atoms with Crippen molar-refractivity contribution in [2.24, 2.45) is 0 Å². The number of nitrogens with one attached hydrogen (secondary N) is 1. The summed E-state index contributed by atoms with van der Waals surface area (Å²) in [6, 6.07) is 7.07. The number of pyridine rings is 1. The minimum atomic E-state index is -3.54. The Bertz CT molecular complexity index is 871. The van der Waals surface area contributed by atoms with Gasteiger partial charge in [0, 0.05) is 41.8 Å². The fourth-order valence-corrected chi connectivity index (χ4v) is 5.78. The van der Waals surface area contributed by atoms with E-state index in [1.54, 1.807) is 34.9 Å². The number of nitrogens with zero attached hydrogens (tertiary/aromatic N) is 2. The van der Waals surface area contributed by atoms with Crippen LogP contribution in [0.5, 0.6) is 0 Å². The zero-order valence-corrected chi connectivity index (χ0v) is 14.9. The highest BCUT2D eigenvalue weighted by Gasteiger charge is 2.41. The fourth-order valence-electron chi connectivity index (χ4n) is 4.12. The molecule has 2 saturated heterocycles. The number of hydrogen-bond acceptors (Lipinski definition) is 5. The molecule has 1 aromatic heterocycles. The van der Waals surface area contributed by atoms with Gasteiger partial charge in [0.25, 0.3) is 0 Å². The van der Waals surface area contributed by atoms with Crippen molar-refractivity contribution in [3.63, 3.8) is 0 Å². The average molecular weight is 361 g/mol. The average Bonchev–Trinajstić information content (AvgIpc) is 2.61. The van der Waals surface area contributed by atoms with Crippen molar-refractivity contribution >= 4 is 20.8 Å². The van der Waals surface area contributed by atoms with Crippen molar-refractivity contribution in [2.45, 2.75) is 42.2 Å². The quantitative estimate of drug-likeness (QED) is 0.847. The highest BCUT2D eigenvalue weighted by molar-refractivity contribution is 7.89. The number of aliphatic hydroxyl groups is 1. The molecular weight excluding hydrogens is 338 g/mol. The summed E-state index contributed by atoms with van der Waals surface area (Å²) in [4.78, 5) is 4.42. The topological polar surface area (TPSA) is 82.5 Å². The van der Waals surface area contributed by atoms with E-state index >= 15 is 0 Å². The van der Waals surface area contributed by atoms with Gasteiger partial charge in [-0.15, -0.1) is 0 Å². The summed E-state index contributed by atoms with van der Waals surface area (Å²) in [5.41, 5.74) is -0.119. The standard InChI is InChI=1S/C18H23N3O3S/c22-15-4-9-20-18(12-15)6-10-21(11-7-18)25(23,24)17-3-1-2-14-13-19-8-5-16(14)17/h1-3,5,8,13,15,20,22H,4,6-7,9-12H2. The van der Waals surface area contributed by atoms with Crippen molar-refractivity contribution in [1.82, 2.24) is 14.6 Å². The molecule has 25 heavy (non-hydrogen) atoms. The highest BCUT2D eigenvalue weighted by Crippen LogP contribution is 2.34. The van der Waals surface area contributed by atoms with Crippen LogP contribution in [0.3, 0.4) is 0 Å². The van der Waals surface area contributed by atoms with Crippen LogP contribution in [0, 0.1) is 0 Å². The maximum atomic E-state index is 13.2. The lowest BCUT2D eigenvalue weighted by Gasteiger charge is -2.45. The van der Waals surface area contributed by atoms with Gasteiger partial charge >= 0.3 is 0 Å². The maximum absolute atomic E-state index is 13.2. The molecule has 3 heterocycles. The second-order valence-corrected chi connectivity index (χ2v) is 9.02. The number of benzene rings is 1. The van der Waals surface area contributed by atoms with Gasteiger partial charge in [0.15, 0.2) is 0 Å². The van der Waals surface area contributed by atoms with E-state index in [1.807, 2.05) is 6.07 Å². The number of hydrogen-bond donors (Lipinski definition) is 2. The first-order valence-electron chi connectivity index (χ1n) is 8.76. The van der Waals surface area contributed by atoms with Gasteiger partial charge in [-0.1, -0.05) is 12.1 Å². The first-order chi connectivity index (χ1) is 12.0. The lowest BCUT2D eigenvalue weighted by atomic mass is 9.80. The zero-order valence-electron chi connectivity index (χ0n) is 14.1. The molecule has 0 radical (unpaired) electrons. The molecule has 1 atom stereocenters. The Hall–Kier alpha value is -1.54. The molecule has 2 aromatic rings. The summed E-state index contributed by atoms with van der Waals surface area (Å²) in [7, 11) is -3.54. The van der Waals surface area contributed by atoms with E-state index in [4.69, 9.17) is 0 Å². The molecule has 2 aliphatic rings. The molecule has 0 saturated carbocycles. The van der Waals surface area contributed by atoms with Crippen LogP contribution in [0.4, 0.5) is 0 Å². The van der Waals surface area contributed by atoms with Crippen molar-refractivity contribution in [3.05, 3.63) is 36.7 Å². The third kappa shape index (κ3) is 3.06. The second-order valence-electron chi connectivity index (χ2n) is 7.11. The van der Waals surface area contributed by atoms with Gasteiger partial charge in [-0.2, -0.15) is 4.31 Å². The van der Waals surface area contributed by atoms with Gasteiger partial charge in [-0.3, -0.25) is 4.98 Å². The summed E-state index contributed by atoms with van der Waals surface area (Å²) < 4.78 is 27.9. The van der Waals surface area contributed by atoms with Gasteiger partial charge in [0.05, 0.1) is 11.0 Å². The molecule has 0 bridgehead atoms.